The zero-order chi connectivity index (χ0) is 20.1. The van der Waals surface area contributed by atoms with Crippen LogP contribution in [0.25, 0.3) is 0 Å². The predicted octanol–water partition coefficient (Wildman–Crippen LogP) is 2.77. The summed E-state index contributed by atoms with van der Waals surface area (Å²) in [6.07, 6.45) is 7.51. The van der Waals surface area contributed by atoms with E-state index in [1.165, 1.54) is 0 Å². The van der Waals surface area contributed by atoms with Crippen molar-refractivity contribution in [1.29, 1.82) is 0 Å². The summed E-state index contributed by atoms with van der Waals surface area (Å²) in [6, 6.07) is 0. The number of carbonyl (C=O) groups is 3. The number of rotatable bonds is 12. The molecule has 156 valence electrons. The Bertz CT molecular complexity index is 395. The molecular formula is C21H39N3O3. The maximum atomic E-state index is 12.6. The van der Waals surface area contributed by atoms with Crippen molar-refractivity contribution in [2.45, 2.75) is 78.6 Å². The molecule has 0 radical (unpaired) electrons. The topological polar surface area (TPSA) is 87.3 Å². The Hall–Kier alpha value is -1.59. The molecule has 0 atom stereocenters. The number of hydrogen-bond donors (Lipinski definition) is 3. The van der Waals surface area contributed by atoms with Crippen molar-refractivity contribution in [1.82, 2.24) is 16.0 Å². The molecule has 6 heteroatoms. The van der Waals surface area contributed by atoms with Gasteiger partial charge in [0.1, 0.15) is 0 Å². The third-order valence-electron chi connectivity index (χ3n) is 5.31. The molecule has 0 heterocycles. The highest BCUT2D eigenvalue weighted by atomic mass is 16.2. The standard InChI is InChI=1S/C21H39N3O3/c1-4-7-10-22-19(25)16-13-17(20(26)23-11-8-5-2)15-18(14-16)21(27)24-12-9-6-3/h16-18H,4-15H2,1-3H3,(H,22,25)(H,23,26)(H,24,27). The smallest absolute Gasteiger partial charge is 0.223 e. The minimum absolute atomic E-state index is 0.0131. The highest BCUT2D eigenvalue weighted by molar-refractivity contribution is 5.85. The molecule has 1 saturated carbocycles. The summed E-state index contributed by atoms with van der Waals surface area (Å²) in [6.45, 7) is 8.23. The quantitative estimate of drug-likeness (QED) is 0.454. The van der Waals surface area contributed by atoms with Gasteiger partial charge < -0.3 is 16.0 Å². The third-order valence-corrected chi connectivity index (χ3v) is 5.31. The van der Waals surface area contributed by atoms with Crippen LogP contribution in [-0.4, -0.2) is 37.4 Å². The number of unbranched alkanes of at least 4 members (excludes halogenated alkanes) is 3. The molecule has 1 fully saturated rings. The first-order chi connectivity index (χ1) is 13.0. The minimum atomic E-state index is -0.264. The van der Waals surface area contributed by atoms with Crippen LogP contribution in [0.5, 0.6) is 0 Å². The van der Waals surface area contributed by atoms with E-state index in [0.717, 1.165) is 38.5 Å². The maximum absolute atomic E-state index is 12.6. The summed E-state index contributed by atoms with van der Waals surface area (Å²) in [4.78, 5) is 37.7. The van der Waals surface area contributed by atoms with E-state index >= 15 is 0 Å². The Morgan fingerprint density at radius 1 is 0.593 bits per heavy atom. The second-order valence-corrected chi connectivity index (χ2v) is 7.73. The Morgan fingerprint density at radius 2 is 0.852 bits per heavy atom. The zero-order valence-corrected chi connectivity index (χ0v) is 17.4. The highest BCUT2D eigenvalue weighted by Crippen LogP contribution is 2.34. The predicted molar refractivity (Wildman–Crippen MR) is 108 cm³/mol. The monoisotopic (exact) mass is 381 g/mol. The van der Waals surface area contributed by atoms with Crippen LogP contribution in [0.2, 0.25) is 0 Å². The van der Waals surface area contributed by atoms with Gasteiger partial charge in [-0.2, -0.15) is 0 Å². The average Bonchev–Trinajstić information content (AvgIpc) is 2.67. The van der Waals surface area contributed by atoms with Crippen molar-refractivity contribution in [3.05, 3.63) is 0 Å². The molecule has 0 bridgehead atoms. The maximum Gasteiger partial charge on any atom is 0.223 e. The zero-order valence-electron chi connectivity index (χ0n) is 17.4. The molecule has 3 N–H and O–H groups in total. The van der Waals surface area contributed by atoms with E-state index in [-0.39, 0.29) is 35.5 Å². The van der Waals surface area contributed by atoms with Crippen molar-refractivity contribution in [2.24, 2.45) is 17.8 Å². The summed E-state index contributed by atoms with van der Waals surface area (Å²) in [5, 5.41) is 8.92. The van der Waals surface area contributed by atoms with Gasteiger partial charge in [-0.25, -0.2) is 0 Å². The van der Waals surface area contributed by atoms with Crippen LogP contribution in [0.4, 0.5) is 0 Å². The summed E-state index contributed by atoms with van der Waals surface area (Å²) in [5.74, 6) is -0.832. The Balaban J connectivity index is 2.71. The fourth-order valence-corrected chi connectivity index (χ4v) is 3.56. The highest BCUT2D eigenvalue weighted by Gasteiger charge is 2.38. The number of carbonyl (C=O) groups excluding carboxylic acids is 3. The number of nitrogens with one attached hydrogen (secondary N) is 3. The average molecular weight is 382 g/mol. The van der Waals surface area contributed by atoms with Crippen molar-refractivity contribution in [3.63, 3.8) is 0 Å². The number of amides is 3. The largest absolute Gasteiger partial charge is 0.356 e. The third kappa shape index (κ3) is 8.76. The lowest BCUT2D eigenvalue weighted by molar-refractivity contribution is -0.134. The molecule has 0 saturated heterocycles. The second kappa shape index (κ2) is 13.6. The van der Waals surface area contributed by atoms with E-state index in [4.69, 9.17) is 0 Å². The van der Waals surface area contributed by atoms with Crippen LogP contribution >= 0.6 is 0 Å². The number of hydrogen-bond acceptors (Lipinski definition) is 3. The van der Waals surface area contributed by atoms with Crippen LogP contribution in [0, 0.1) is 17.8 Å². The van der Waals surface area contributed by atoms with Crippen molar-refractivity contribution < 1.29 is 14.4 Å². The van der Waals surface area contributed by atoms with Gasteiger partial charge in [0, 0.05) is 37.4 Å². The van der Waals surface area contributed by atoms with Gasteiger partial charge in [-0.15, -0.1) is 0 Å². The lowest BCUT2D eigenvalue weighted by Crippen LogP contribution is -2.45. The normalized spacial score (nSPS) is 22.1. The molecule has 6 nitrogen and oxygen atoms in total. The van der Waals surface area contributed by atoms with E-state index < -0.39 is 0 Å². The van der Waals surface area contributed by atoms with Gasteiger partial charge in [0.15, 0.2) is 0 Å². The summed E-state index contributed by atoms with van der Waals surface area (Å²) in [7, 11) is 0. The van der Waals surface area contributed by atoms with Gasteiger partial charge in [-0.3, -0.25) is 14.4 Å². The van der Waals surface area contributed by atoms with E-state index in [1.807, 2.05) is 0 Å². The molecule has 0 aromatic carbocycles. The molecule has 1 aliphatic rings. The van der Waals surface area contributed by atoms with Crippen LogP contribution in [0.15, 0.2) is 0 Å². The minimum Gasteiger partial charge on any atom is -0.356 e. The van der Waals surface area contributed by atoms with E-state index in [2.05, 4.69) is 36.7 Å². The summed E-state index contributed by atoms with van der Waals surface area (Å²) < 4.78 is 0. The molecule has 3 amide bonds. The fraction of sp³-hybridized carbons (Fsp3) is 0.857. The summed E-state index contributed by atoms with van der Waals surface area (Å²) >= 11 is 0. The Labute approximate surface area is 164 Å². The Kier molecular flexibility index (Phi) is 11.8. The second-order valence-electron chi connectivity index (χ2n) is 7.73. The summed E-state index contributed by atoms with van der Waals surface area (Å²) in [5.41, 5.74) is 0. The van der Waals surface area contributed by atoms with Gasteiger partial charge in [0.05, 0.1) is 0 Å². The van der Waals surface area contributed by atoms with Gasteiger partial charge in [-0.05, 0) is 38.5 Å². The Morgan fingerprint density at radius 3 is 1.07 bits per heavy atom. The first-order valence-electron chi connectivity index (χ1n) is 10.9. The lowest BCUT2D eigenvalue weighted by Gasteiger charge is -2.33. The lowest BCUT2D eigenvalue weighted by atomic mass is 9.74. The van der Waals surface area contributed by atoms with E-state index in [1.54, 1.807) is 0 Å². The molecule has 0 aromatic heterocycles. The molecule has 1 aliphatic carbocycles. The van der Waals surface area contributed by atoms with Crippen LogP contribution in [-0.2, 0) is 14.4 Å². The first-order valence-corrected chi connectivity index (χ1v) is 10.9. The molecular weight excluding hydrogens is 342 g/mol. The molecule has 0 spiro atoms. The van der Waals surface area contributed by atoms with E-state index in [0.29, 0.717) is 38.9 Å². The van der Waals surface area contributed by atoms with Gasteiger partial charge in [0.25, 0.3) is 0 Å². The van der Waals surface area contributed by atoms with Crippen LogP contribution in [0.3, 0.4) is 0 Å². The molecule has 0 aromatic rings. The molecule has 1 rings (SSSR count). The first kappa shape index (κ1) is 23.4. The van der Waals surface area contributed by atoms with Crippen molar-refractivity contribution in [3.8, 4) is 0 Å². The fourth-order valence-electron chi connectivity index (χ4n) is 3.56. The van der Waals surface area contributed by atoms with Crippen molar-refractivity contribution >= 4 is 17.7 Å². The van der Waals surface area contributed by atoms with Crippen LogP contribution < -0.4 is 16.0 Å². The molecule has 27 heavy (non-hydrogen) atoms. The van der Waals surface area contributed by atoms with Crippen LogP contribution in [0.1, 0.15) is 78.6 Å². The van der Waals surface area contributed by atoms with E-state index in [9.17, 15) is 14.4 Å². The van der Waals surface area contributed by atoms with Gasteiger partial charge in [0.2, 0.25) is 17.7 Å². The van der Waals surface area contributed by atoms with Gasteiger partial charge >= 0.3 is 0 Å². The van der Waals surface area contributed by atoms with Gasteiger partial charge in [-0.1, -0.05) is 40.0 Å². The molecule has 0 unspecified atom stereocenters. The van der Waals surface area contributed by atoms with Crippen molar-refractivity contribution in [2.75, 3.05) is 19.6 Å². The SMILES string of the molecule is CCCCNC(=O)C1CC(C(=O)NCCCC)CC(C(=O)NCCCC)C1. The molecule has 0 aliphatic heterocycles.